The van der Waals surface area contributed by atoms with E-state index in [-0.39, 0.29) is 5.56 Å². The molecule has 6 nitrogen and oxygen atoms in total. The fourth-order valence-corrected chi connectivity index (χ4v) is 2.10. The van der Waals surface area contributed by atoms with Crippen LogP contribution in [0.2, 0.25) is 0 Å². The maximum atomic E-state index is 11.7. The molecule has 2 rings (SSSR count). The van der Waals surface area contributed by atoms with Crippen LogP contribution < -0.4 is 16.3 Å². The summed E-state index contributed by atoms with van der Waals surface area (Å²) in [5.41, 5.74) is 0.0671. The van der Waals surface area contributed by atoms with E-state index in [1.165, 1.54) is 13.1 Å². The number of aromatic nitrogens is 2. The van der Waals surface area contributed by atoms with Crippen molar-refractivity contribution < 1.29 is 0 Å². The Morgan fingerprint density at radius 3 is 2.71 bits per heavy atom. The molecule has 1 heterocycles. The van der Waals surface area contributed by atoms with Gasteiger partial charge in [0.25, 0.3) is 5.56 Å². The molecule has 0 radical (unpaired) electrons. The van der Waals surface area contributed by atoms with E-state index in [0.29, 0.717) is 12.4 Å². The number of hydrogen-bond donors (Lipinski definition) is 1. The zero-order valence-corrected chi connectivity index (χ0v) is 13.3. The highest BCUT2D eigenvalue weighted by atomic mass is 79.9. The summed E-state index contributed by atoms with van der Waals surface area (Å²) >= 11 is 3.44. The highest BCUT2D eigenvalue weighted by Gasteiger charge is 2.07. The highest BCUT2D eigenvalue weighted by molar-refractivity contribution is 9.10. The van der Waals surface area contributed by atoms with Gasteiger partial charge < -0.3 is 0 Å². The zero-order chi connectivity index (χ0) is 15.4. The quantitative estimate of drug-likeness (QED) is 0.673. The van der Waals surface area contributed by atoms with Gasteiger partial charge in [-0.05, 0) is 13.0 Å². The lowest BCUT2D eigenvalue weighted by molar-refractivity contribution is 0.756. The fraction of sp³-hybridized carbons (Fsp3) is 0.214. The van der Waals surface area contributed by atoms with Crippen molar-refractivity contribution in [3.05, 3.63) is 61.2 Å². The molecular weight excluding hydrogens is 336 g/mol. The van der Waals surface area contributed by atoms with Gasteiger partial charge in [-0.1, -0.05) is 34.1 Å². The normalized spacial score (nSPS) is 11.0. The van der Waals surface area contributed by atoms with Crippen molar-refractivity contribution in [3.8, 4) is 0 Å². The predicted octanol–water partition coefficient (Wildman–Crippen LogP) is 1.70. The van der Waals surface area contributed by atoms with Gasteiger partial charge in [-0.2, -0.15) is 5.10 Å². The minimum Gasteiger partial charge on any atom is -0.292 e. The number of H-pyrrole nitrogens is 1. The molecule has 110 valence electrons. The van der Waals surface area contributed by atoms with Crippen molar-refractivity contribution in [2.45, 2.75) is 6.92 Å². The molecule has 0 spiro atoms. The van der Waals surface area contributed by atoms with Crippen molar-refractivity contribution in [2.24, 2.45) is 12.1 Å². The summed E-state index contributed by atoms with van der Waals surface area (Å²) in [5.74, 6) is 0.369. The maximum absolute atomic E-state index is 11.7. The Hall–Kier alpha value is -2.15. The lowest BCUT2D eigenvalue weighted by atomic mass is 10.2. The first-order valence-electron chi connectivity index (χ1n) is 6.39. The number of halogens is 1. The van der Waals surface area contributed by atoms with Gasteiger partial charge in [0.05, 0.1) is 6.21 Å². The Labute approximate surface area is 129 Å². The molecule has 1 aromatic heterocycles. The number of rotatable bonds is 4. The number of hydrazone groups is 1. The van der Waals surface area contributed by atoms with Gasteiger partial charge in [-0.25, -0.2) is 9.80 Å². The lowest BCUT2D eigenvalue weighted by Gasteiger charge is -2.16. The van der Waals surface area contributed by atoms with Crippen molar-refractivity contribution in [1.29, 1.82) is 0 Å². The molecule has 1 N–H and O–H groups in total. The van der Waals surface area contributed by atoms with Crippen LogP contribution in [0.25, 0.3) is 0 Å². The van der Waals surface area contributed by atoms with Crippen molar-refractivity contribution in [3.63, 3.8) is 0 Å². The topological polar surface area (TPSA) is 70.5 Å². The van der Waals surface area contributed by atoms with Gasteiger partial charge in [-0.3, -0.25) is 14.3 Å². The van der Waals surface area contributed by atoms with Crippen LogP contribution in [0.5, 0.6) is 0 Å². The minimum atomic E-state index is -0.466. The molecule has 7 heteroatoms. The molecule has 0 aliphatic heterocycles. The Morgan fingerprint density at radius 1 is 1.38 bits per heavy atom. The molecule has 0 aliphatic rings. The van der Waals surface area contributed by atoms with Crippen LogP contribution in [0.1, 0.15) is 12.5 Å². The summed E-state index contributed by atoms with van der Waals surface area (Å²) in [7, 11) is 1.42. The monoisotopic (exact) mass is 350 g/mol. The summed E-state index contributed by atoms with van der Waals surface area (Å²) < 4.78 is 1.93. The third kappa shape index (κ3) is 3.49. The van der Waals surface area contributed by atoms with E-state index in [1.54, 1.807) is 11.2 Å². The predicted molar refractivity (Wildman–Crippen MR) is 87.1 cm³/mol. The second kappa shape index (κ2) is 6.53. The molecule has 1 aromatic carbocycles. The molecular formula is C14H15BrN4O2. The van der Waals surface area contributed by atoms with Gasteiger partial charge in [0.2, 0.25) is 0 Å². The number of hydrogen-bond acceptors (Lipinski definition) is 4. The maximum Gasteiger partial charge on any atom is 0.329 e. The third-order valence-corrected chi connectivity index (χ3v) is 3.67. The summed E-state index contributed by atoms with van der Waals surface area (Å²) in [6, 6.07) is 8.99. The van der Waals surface area contributed by atoms with Gasteiger partial charge in [0.15, 0.2) is 0 Å². The van der Waals surface area contributed by atoms with Crippen LogP contribution in [0.15, 0.2) is 49.5 Å². The summed E-state index contributed by atoms with van der Waals surface area (Å²) in [4.78, 5) is 25.9. The Morgan fingerprint density at radius 2 is 2.10 bits per heavy atom. The van der Waals surface area contributed by atoms with Crippen LogP contribution in [0.4, 0.5) is 5.82 Å². The van der Waals surface area contributed by atoms with Crippen LogP contribution in [-0.2, 0) is 7.05 Å². The largest absolute Gasteiger partial charge is 0.329 e. The molecule has 21 heavy (non-hydrogen) atoms. The fourth-order valence-electron chi connectivity index (χ4n) is 1.71. The van der Waals surface area contributed by atoms with E-state index in [9.17, 15) is 9.59 Å². The van der Waals surface area contributed by atoms with E-state index in [2.05, 4.69) is 26.0 Å². The standard InChI is InChI=1S/C14H15BrN4O2/c1-3-19(12-8-13(20)18(2)14(21)17-12)16-9-10-6-4-5-7-11(10)15/h4-9H,3H2,1-2H3,(H,17,21)/b16-9-. The average molecular weight is 351 g/mol. The first-order valence-corrected chi connectivity index (χ1v) is 7.18. The van der Waals surface area contributed by atoms with Gasteiger partial charge in [0.1, 0.15) is 5.82 Å². The molecule has 2 aromatic rings. The first-order chi connectivity index (χ1) is 10.0. The molecule has 0 amide bonds. The lowest BCUT2D eigenvalue weighted by Crippen LogP contribution is -2.34. The Kier molecular flexibility index (Phi) is 4.74. The van der Waals surface area contributed by atoms with Crippen LogP contribution in [0.3, 0.4) is 0 Å². The van der Waals surface area contributed by atoms with E-state index in [0.717, 1.165) is 14.6 Å². The molecule has 0 unspecified atom stereocenters. The zero-order valence-electron chi connectivity index (χ0n) is 11.7. The van der Waals surface area contributed by atoms with Crippen molar-refractivity contribution >= 4 is 28.0 Å². The number of anilines is 1. The summed E-state index contributed by atoms with van der Waals surface area (Å²) in [6.07, 6.45) is 1.67. The van der Waals surface area contributed by atoms with E-state index >= 15 is 0 Å². The number of benzene rings is 1. The molecule has 0 saturated heterocycles. The SMILES string of the molecule is CCN(/N=C\c1ccccc1Br)c1cc(=O)n(C)c(=O)[nH]1. The van der Waals surface area contributed by atoms with E-state index < -0.39 is 5.69 Å². The van der Waals surface area contributed by atoms with E-state index in [1.807, 2.05) is 31.2 Å². The number of nitrogens with zero attached hydrogens (tertiary/aromatic N) is 3. The van der Waals surface area contributed by atoms with E-state index in [4.69, 9.17) is 0 Å². The molecule has 0 aliphatic carbocycles. The highest BCUT2D eigenvalue weighted by Crippen LogP contribution is 2.14. The van der Waals surface area contributed by atoms with Gasteiger partial charge in [0, 0.05) is 29.7 Å². The molecule has 0 fully saturated rings. The second-order valence-corrected chi connectivity index (χ2v) is 5.19. The van der Waals surface area contributed by atoms with Crippen LogP contribution >= 0.6 is 15.9 Å². The molecule has 0 saturated carbocycles. The molecule has 0 atom stereocenters. The van der Waals surface area contributed by atoms with Crippen LogP contribution in [-0.4, -0.2) is 22.3 Å². The number of aromatic amines is 1. The average Bonchev–Trinajstić information content (AvgIpc) is 2.47. The third-order valence-electron chi connectivity index (χ3n) is 2.95. The molecule has 0 bridgehead atoms. The Bertz CT molecular complexity index is 748. The minimum absolute atomic E-state index is 0.369. The Balaban J connectivity index is 2.35. The smallest absolute Gasteiger partial charge is 0.292 e. The second-order valence-electron chi connectivity index (χ2n) is 4.34. The summed E-state index contributed by atoms with van der Waals surface area (Å²) in [6.45, 7) is 2.40. The summed E-state index contributed by atoms with van der Waals surface area (Å²) in [5, 5.41) is 5.87. The first kappa shape index (κ1) is 15.2. The number of nitrogens with one attached hydrogen (secondary N) is 1. The van der Waals surface area contributed by atoms with Crippen LogP contribution in [0, 0.1) is 0 Å². The van der Waals surface area contributed by atoms with Gasteiger partial charge in [-0.15, -0.1) is 0 Å². The van der Waals surface area contributed by atoms with Crippen molar-refractivity contribution in [2.75, 3.05) is 11.6 Å². The van der Waals surface area contributed by atoms with Gasteiger partial charge >= 0.3 is 5.69 Å². The van der Waals surface area contributed by atoms with Crippen molar-refractivity contribution in [1.82, 2.24) is 9.55 Å².